The number of halogens is 2. The van der Waals surface area contributed by atoms with Crippen molar-refractivity contribution in [2.45, 2.75) is 6.54 Å². The van der Waals surface area contributed by atoms with Gasteiger partial charge in [-0.1, -0.05) is 53.5 Å². The fourth-order valence-electron chi connectivity index (χ4n) is 2.15. The summed E-state index contributed by atoms with van der Waals surface area (Å²) in [5.41, 5.74) is 1.33. The Kier molecular flexibility index (Phi) is 5.51. The Morgan fingerprint density at radius 1 is 1.00 bits per heavy atom. The first-order chi connectivity index (χ1) is 9.96. The average Bonchev–Trinajstić information content (AvgIpc) is 2.42. The molecule has 112 valence electrons. The first-order valence-electron chi connectivity index (χ1n) is 6.90. The van der Waals surface area contributed by atoms with Crippen molar-refractivity contribution in [1.82, 2.24) is 0 Å². The van der Waals surface area contributed by atoms with Crippen molar-refractivity contribution in [2.75, 3.05) is 27.2 Å². The predicted octanol–water partition coefficient (Wildman–Crippen LogP) is 4.65. The highest BCUT2D eigenvalue weighted by atomic mass is 35.5. The van der Waals surface area contributed by atoms with Crippen LogP contribution in [-0.4, -0.2) is 31.7 Å². The topological polar surface area (TPSA) is 9.23 Å². The maximum absolute atomic E-state index is 6.09. The highest BCUT2D eigenvalue weighted by molar-refractivity contribution is 6.35. The maximum Gasteiger partial charge on any atom is 0.138 e. The lowest BCUT2D eigenvalue weighted by atomic mass is 10.2. The van der Waals surface area contributed by atoms with Crippen LogP contribution in [-0.2, 0) is 6.54 Å². The van der Waals surface area contributed by atoms with Gasteiger partial charge < -0.3 is 9.22 Å². The second kappa shape index (κ2) is 7.17. The molecule has 0 aliphatic heterocycles. The van der Waals surface area contributed by atoms with E-state index in [9.17, 15) is 0 Å². The molecule has 0 atom stereocenters. The molecular formula is C17H20Cl2NO+. The van der Waals surface area contributed by atoms with Gasteiger partial charge in [-0.05, 0) is 18.2 Å². The van der Waals surface area contributed by atoms with E-state index >= 15 is 0 Å². The summed E-state index contributed by atoms with van der Waals surface area (Å²) < 4.78 is 6.62. The third-order valence-corrected chi connectivity index (χ3v) is 3.83. The third kappa shape index (κ3) is 5.24. The Balaban J connectivity index is 1.87. The minimum atomic E-state index is 0.552. The molecule has 0 aliphatic carbocycles. The predicted molar refractivity (Wildman–Crippen MR) is 89.1 cm³/mol. The average molecular weight is 325 g/mol. The fourth-order valence-corrected chi connectivity index (χ4v) is 2.61. The molecule has 0 heterocycles. The smallest absolute Gasteiger partial charge is 0.138 e. The van der Waals surface area contributed by atoms with Gasteiger partial charge in [-0.3, -0.25) is 0 Å². The Hall–Kier alpha value is -1.22. The molecule has 0 unspecified atom stereocenters. The van der Waals surface area contributed by atoms with Gasteiger partial charge in [0.1, 0.15) is 25.4 Å². The van der Waals surface area contributed by atoms with Crippen LogP contribution >= 0.6 is 23.2 Å². The number of rotatable bonds is 6. The molecule has 0 aromatic heterocycles. The molecule has 0 bridgehead atoms. The summed E-state index contributed by atoms with van der Waals surface area (Å²) in [6, 6.07) is 15.8. The summed E-state index contributed by atoms with van der Waals surface area (Å²) >= 11 is 12.0. The first-order valence-corrected chi connectivity index (χ1v) is 7.66. The molecule has 0 spiro atoms. The molecule has 21 heavy (non-hydrogen) atoms. The highest BCUT2D eigenvalue weighted by Crippen LogP contribution is 2.27. The molecule has 2 nitrogen and oxygen atoms in total. The number of benzene rings is 2. The second-order valence-corrected chi connectivity index (χ2v) is 6.57. The quantitative estimate of drug-likeness (QED) is 0.703. The van der Waals surface area contributed by atoms with Crippen LogP contribution in [0.15, 0.2) is 48.5 Å². The Bertz CT molecular complexity index is 585. The molecule has 2 aromatic rings. The zero-order chi connectivity index (χ0) is 15.3. The van der Waals surface area contributed by atoms with Crippen LogP contribution in [0.25, 0.3) is 0 Å². The summed E-state index contributed by atoms with van der Waals surface area (Å²) in [5.74, 6) is 0.681. The van der Waals surface area contributed by atoms with Crippen LogP contribution in [0.4, 0.5) is 0 Å². The molecule has 0 amide bonds. The van der Waals surface area contributed by atoms with E-state index < -0.39 is 0 Å². The molecule has 0 saturated heterocycles. The lowest BCUT2D eigenvalue weighted by Crippen LogP contribution is -2.41. The standard InChI is InChI=1S/C17H20Cl2NO/c1-20(2,13-14-6-4-3-5-7-14)10-11-21-17-9-8-15(18)12-16(17)19/h3-9,12H,10-11,13H2,1-2H3/q+1. The van der Waals surface area contributed by atoms with E-state index in [-0.39, 0.29) is 0 Å². The van der Waals surface area contributed by atoms with E-state index in [2.05, 4.69) is 38.4 Å². The zero-order valence-electron chi connectivity index (χ0n) is 12.4. The Morgan fingerprint density at radius 3 is 2.38 bits per heavy atom. The van der Waals surface area contributed by atoms with E-state index in [1.807, 2.05) is 12.1 Å². The third-order valence-electron chi connectivity index (χ3n) is 3.30. The van der Waals surface area contributed by atoms with E-state index in [1.165, 1.54) is 5.56 Å². The minimum Gasteiger partial charge on any atom is -0.486 e. The van der Waals surface area contributed by atoms with E-state index in [0.717, 1.165) is 17.6 Å². The van der Waals surface area contributed by atoms with Crippen molar-refractivity contribution in [3.8, 4) is 5.75 Å². The normalized spacial score (nSPS) is 11.4. The van der Waals surface area contributed by atoms with Gasteiger partial charge >= 0.3 is 0 Å². The highest BCUT2D eigenvalue weighted by Gasteiger charge is 2.16. The number of nitrogens with zero attached hydrogens (tertiary/aromatic N) is 1. The summed E-state index contributed by atoms with van der Waals surface area (Å²) in [4.78, 5) is 0. The van der Waals surface area contributed by atoms with Crippen LogP contribution in [0.1, 0.15) is 5.56 Å². The maximum atomic E-state index is 6.09. The van der Waals surface area contributed by atoms with Crippen LogP contribution in [0.2, 0.25) is 10.0 Å². The molecule has 0 fully saturated rings. The van der Waals surface area contributed by atoms with Gasteiger partial charge in [0.15, 0.2) is 0 Å². The van der Waals surface area contributed by atoms with E-state index in [4.69, 9.17) is 27.9 Å². The molecule has 0 aliphatic rings. The summed E-state index contributed by atoms with van der Waals surface area (Å²) in [6.45, 7) is 2.48. The van der Waals surface area contributed by atoms with Crippen molar-refractivity contribution in [3.63, 3.8) is 0 Å². The lowest BCUT2D eigenvalue weighted by Gasteiger charge is -2.29. The number of likely N-dealkylation sites (N-methyl/N-ethyl adjacent to an activating group) is 1. The van der Waals surface area contributed by atoms with Crippen molar-refractivity contribution >= 4 is 23.2 Å². The van der Waals surface area contributed by atoms with Crippen LogP contribution in [0.5, 0.6) is 5.75 Å². The molecule has 2 rings (SSSR count). The second-order valence-electron chi connectivity index (χ2n) is 5.73. The largest absolute Gasteiger partial charge is 0.486 e. The van der Waals surface area contributed by atoms with Gasteiger partial charge in [0.2, 0.25) is 0 Å². The van der Waals surface area contributed by atoms with Crippen LogP contribution in [0.3, 0.4) is 0 Å². The lowest BCUT2D eigenvalue weighted by molar-refractivity contribution is -0.903. The molecule has 4 heteroatoms. The van der Waals surface area contributed by atoms with Gasteiger partial charge in [-0.25, -0.2) is 0 Å². The fraction of sp³-hybridized carbons (Fsp3) is 0.294. The Labute approximate surface area is 136 Å². The van der Waals surface area contributed by atoms with Crippen molar-refractivity contribution in [2.24, 2.45) is 0 Å². The summed E-state index contributed by atoms with van der Waals surface area (Å²) in [5, 5.41) is 1.17. The summed E-state index contributed by atoms with van der Waals surface area (Å²) in [7, 11) is 4.39. The van der Waals surface area contributed by atoms with Crippen molar-refractivity contribution < 1.29 is 9.22 Å². The monoisotopic (exact) mass is 324 g/mol. The Morgan fingerprint density at radius 2 is 1.71 bits per heavy atom. The SMILES string of the molecule is C[N+](C)(CCOc1ccc(Cl)cc1Cl)Cc1ccccc1. The molecular weight excluding hydrogens is 305 g/mol. The van der Waals surface area contributed by atoms with Gasteiger partial charge in [-0.2, -0.15) is 0 Å². The van der Waals surface area contributed by atoms with E-state index in [0.29, 0.717) is 22.4 Å². The number of ether oxygens (including phenoxy) is 1. The first kappa shape index (κ1) is 16.2. The minimum absolute atomic E-state index is 0.552. The van der Waals surface area contributed by atoms with Crippen molar-refractivity contribution in [3.05, 3.63) is 64.1 Å². The van der Waals surface area contributed by atoms with E-state index in [1.54, 1.807) is 12.1 Å². The molecule has 0 N–H and O–H groups in total. The van der Waals surface area contributed by atoms with Crippen LogP contribution in [0, 0.1) is 0 Å². The molecule has 0 saturated carbocycles. The number of hydrogen-bond donors (Lipinski definition) is 0. The molecule has 2 aromatic carbocycles. The van der Waals surface area contributed by atoms with Crippen LogP contribution < -0.4 is 4.74 Å². The van der Waals surface area contributed by atoms with Crippen molar-refractivity contribution in [1.29, 1.82) is 0 Å². The zero-order valence-corrected chi connectivity index (χ0v) is 13.9. The number of quaternary nitrogens is 1. The van der Waals surface area contributed by atoms with Gasteiger partial charge in [0.05, 0.1) is 19.1 Å². The molecule has 0 radical (unpaired) electrons. The summed E-state index contributed by atoms with van der Waals surface area (Å²) in [6.07, 6.45) is 0. The van der Waals surface area contributed by atoms with Gasteiger partial charge in [-0.15, -0.1) is 0 Å². The number of hydrogen-bond acceptors (Lipinski definition) is 1. The van der Waals surface area contributed by atoms with Gasteiger partial charge in [0.25, 0.3) is 0 Å². The van der Waals surface area contributed by atoms with Gasteiger partial charge in [0, 0.05) is 10.6 Å².